The van der Waals surface area contributed by atoms with E-state index in [1.165, 1.54) is 48.9 Å². The average Bonchev–Trinajstić information content (AvgIpc) is 2.73. The highest BCUT2D eigenvalue weighted by Gasteiger charge is 2.31. The van der Waals surface area contributed by atoms with Crippen LogP contribution in [0.2, 0.25) is 0 Å². The first-order chi connectivity index (χ1) is 7.65. The van der Waals surface area contributed by atoms with Crippen molar-refractivity contribution in [1.82, 2.24) is 5.32 Å². The fourth-order valence-corrected chi connectivity index (χ4v) is 2.80. The van der Waals surface area contributed by atoms with Crippen molar-refractivity contribution in [2.75, 3.05) is 6.54 Å². The molecule has 1 saturated heterocycles. The molecule has 1 heteroatoms. The van der Waals surface area contributed by atoms with Gasteiger partial charge >= 0.3 is 0 Å². The molecular weight excluding hydrogens is 194 g/mol. The number of benzene rings is 1. The Hall–Kier alpha value is -0.820. The third kappa shape index (κ3) is 2.30. The maximum Gasteiger partial charge on any atom is 0.0219 e. The van der Waals surface area contributed by atoms with E-state index >= 15 is 0 Å². The molecule has 1 N–H and O–H groups in total. The molecule has 1 unspecified atom stereocenters. The number of hydrogen-bond donors (Lipinski definition) is 1. The Morgan fingerprint density at radius 2 is 2.12 bits per heavy atom. The molecule has 0 aliphatic carbocycles. The lowest BCUT2D eigenvalue weighted by Gasteiger charge is -2.29. The van der Waals surface area contributed by atoms with Crippen LogP contribution in [0.25, 0.3) is 0 Å². The highest BCUT2D eigenvalue weighted by molar-refractivity contribution is 5.32. The molecule has 1 atom stereocenters. The van der Waals surface area contributed by atoms with E-state index in [1.807, 2.05) is 0 Å². The third-order valence-electron chi connectivity index (χ3n) is 4.04. The summed E-state index contributed by atoms with van der Waals surface area (Å²) in [4.78, 5) is 0. The lowest BCUT2D eigenvalue weighted by molar-refractivity contribution is 0.359. The maximum absolute atomic E-state index is 3.71. The summed E-state index contributed by atoms with van der Waals surface area (Å²) in [5, 5.41) is 3.71. The fraction of sp³-hybridized carbons (Fsp3) is 0.600. The standard InChI is InChI=1S/C15H23N/c1-4-15(8-5-9-16-15)11-14-10-12(2)6-7-13(14)3/h6-7,10,16H,4-5,8-9,11H2,1-3H3. The van der Waals surface area contributed by atoms with Crippen molar-refractivity contribution in [3.05, 3.63) is 34.9 Å². The summed E-state index contributed by atoms with van der Waals surface area (Å²) in [6.45, 7) is 7.92. The molecule has 88 valence electrons. The second kappa shape index (κ2) is 4.58. The smallest absolute Gasteiger partial charge is 0.0219 e. The first-order valence-electron chi connectivity index (χ1n) is 6.46. The molecule has 0 bridgehead atoms. The topological polar surface area (TPSA) is 12.0 Å². The van der Waals surface area contributed by atoms with Gasteiger partial charge in [-0.2, -0.15) is 0 Å². The van der Waals surface area contributed by atoms with Crippen LogP contribution < -0.4 is 5.32 Å². The predicted molar refractivity (Wildman–Crippen MR) is 69.9 cm³/mol. The van der Waals surface area contributed by atoms with Crippen LogP contribution in [-0.4, -0.2) is 12.1 Å². The molecule has 0 aromatic heterocycles. The Bertz CT molecular complexity index is 362. The Labute approximate surface area is 99.3 Å². The molecule has 0 saturated carbocycles. The van der Waals surface area contributed by atoms with Gasteiger partial charge in [0.2, 0.25) is 0 Å². The van der Waals surface area contributed by atoms with Gasteiger partial charge in [0.1, 0.15) is 0 Å². The van der Waals surface area contributed by atoms with E-state index in [0.717, 1.165) is 0 Å². The number of hydrogen-bond acceptors (Lipinski definition) is 1. The zero-order valence-electron chi connectivity index (χ0n) is 10.8. The summed E-state index contributed by atoms with van der Waals surface area (Å²) in [7, 11) is 0. The summed E-state index contributed by atoms with van der Waals surface area (Å²) in [6.07, 6.45) is 5.09. The molecular formula is C15H23N. The van der Waals surface area contributed by atoms with E-state index in [-0.39, 0.29) is 0 Å². The van der Waals surface area contributed by atoms with Crippen LogP contribution in [0, 0.1) is 13.8 Å². The Morgan fingerprint density at radius 3 is 2.75 bits per heavy atom. The summed E-state index contributed by atoms with van der Waals surface area (Å²) in [5.41, 5.74) is 4.71. The first kappa shape index (κ1) is 11.7. The molecule has 16 heavy (non-hydrogen) atoms. The summed E-state index contributed by atoms with van der Waals surface area (Å²) in [5.74, 6) is 0. The molecule has 1 heterocycles. The average molecular weight is 217 g/mol. The van der Waals surface area contributed by atoms with E-state index in [4.69, 9.17) is 0 Å². The van der Waals surface area contributed by atoms with Crippen molar-refractivity contribution in [3.63, 3.8) is 0 Å². The first-order valence-corrected chi connectivity index (χ1v) is 6.46. The number of nitrogens with one attached hydrogen (secondary N) is 1. The molecule has 0 spiro atoms. The van der Waals surface area contributed by atoms with Gasteiger partial charge in [-0.05, 0) is 57.2 Å². The van der Waals surface area contributed by atoms with Crippen molar-refractivity contribution in [1.29, 1.82) is 0 Å². The predicted octanol–water partition coefficient (Wildman–Crippen LogP) is 3.38. The van der Waals surface area contributed by atoms with Crippen molar-refractivity contribution in [2.24, 2.45) is 0 Å². The minimum absolute atomic E-state index is 0.374. The highest BCUT2D eigenvalue weighted by atomic mass is 15.0. The molecule has 1 nitrogen and oxygen atoms in total. The molecule has 1 aliphatic heterocycles. The largest absolute Gasteiger partial charge is 0.311 e. The SMILES string of the molecule is CCC1(Cc2cc(C)ccc2C)CCCN1. The number of rotatable bonds is 3. The van der Waals surface area contributed by atoms with Gasteiger partial charge < -0.3 is 5.32 Å². The van der Waals surface area contributed by atoms with E-state index in [0.29, 0.717) is 5.54 Å². The van der Waals surface area contributed by atoms with Crippen LogP contribution in [0.3, 0.4) is 0 Å². The lowest BCUT2D eigenvalue weighted by atomic mass is 9.85. The van der Waals surface area contributed by atoms with Crippen molar-refractivity contribution >= 4 is 0 Å². The van der Waals surface area contributed by atoms with Gasteiger partial charge in [0.25, 0.3) is 0 Å². The molecule has 1 aromatic carbocycles. The van der Waals surface area contributed by atoms with Crippen LogP contribution >= 0.6 is 0 Å². The van der Waals surface area contributed by atoms with Crippen LogP contribution in [-0.2, 0) is 6.42 Å². The van der Waals surface area contributed by atoms with Crippen molar-refractivity contribution < 1.29 is 0 Å². The molecule has 1 aromatic rings. The molecule has 0 radical (unpaired) electrons. The summed E-state index contributed by atoms with van der Waals surface area (Å²) in [6, 6.07) is 6.81. The monoisotopic (exact) mass is 217 g/mol. The van der Waals surface area contributed by atoms with Gasteiger partial charge in [0.15, 0.2) is 0 Å². The quantitative estimate of drug-likeness (QED) is 0.818. The second-order valence-electron chi connectivity index (χ2n) is 5.27. The van der Waals surface area contributed by atoms with Crippen molar-refractivity contribution in [3.8, 4) is 0 Å². The van der Waals surface area contributed by atoms with Gasteiger partial charge in [-0.1, -0.05) is 30.7 Å². The van der Waals surface area contributed by atoms with Crippen molar-refractivity contribution in [2.45, 2.75) is 52.0 Å². The Morgan fingerprint density at radius 1 is 1.31 bits per heavy atom. The van der Waals surface area contributed by atoms with E-state index in [2.05, 4.69) is 44.3 Å². The maximum atomic E-state index is 3.71. The molecule has 2 rings (SSSR count). The molecule has 1 aliphatic rings. The zero-order valence-corrected chi connectivity index (χ0v) is 10.8. The highest BCUT2D eigenvalue weighted by Crippen LogP contribution is 2.28. The number of aryl methyl sites for hydroxylation is 2. The van der Waals surface area contributed by atoms with Gasteiger partial charge in [-0.15, -0.1) is 0 Å². The van der Waals surface area contributed by atoms with Gasteiger partial charge in [0, 0.05) is 5.54 Å². The second-order valence-corrected chi connectivity index (χ2v) is 5.27. The van der Waals surface area contributed by atoms with E-state index in [1.54, 1.807) is 0 Å². The van der Waals surface area contributed by atoms with Crippen LogP contribution in [0.1, 0.15) is 42.9 Å². The van der Waals surface area contributed by atoms with Gasteiger partial charge in [0.05, 0.1) is 0 Å². The van der Waals surface area contributed by atoms with Crippen LogP contribution in [0.4, 0.5) is 0 Å². The van der Waals surface area contributed by atoms with Crippen LogP contribution in [0.5, 0.6) is 0 Å². The Balaban J connectivity index is 2.21. The molecule has 1 fully saturated rings. The lowest BCUT2D eigenvalue weighted by Crippen LogP contribution is -2.41. The van der Waals surface area contributed by atoms with Crippen LogP contribution in [0.15, 0.2) is 18.2 Å². The summed E-state index contributed by atoms with van der Waals surface area (Å²) >= 11 is 0. The van der Waals surface area contributed by atoms with Gasteiger partial charge in [-0.3, -0.25) is 0 Å². The Kier molecular flexibility index (Phi) is 3.34. The van der Waals surface area contributed by atoms with Gasteiger partial charge in [-0.25, -0.2) is 0 Å². The zero-order chi connectivity index (χ0) is 11.6. The molecule has 0 amide bonds. The minimum atomic E-state index is 0.374. The normalized spacial score (nSPS) is 24.9. The fourth-order valence-electron chi connectivity index (χ4n) is 2.80. The minimum Gasteiger partial charge on any atom is -0.311 e. The summed E-state index contributed by atoms with van der Waals surface area (Å²) < 4.78 is 0. The van der Waals surface area contributed by atoms with E-state index < -0.39 is 0 Å². The van der Waals surface area contributed by atoms with E-state index in [9.17, 15) is 0 Å². The third-order valence-corrected chi connectivity index (χ3v) is 4.04.